The Balaban J connectivity index is 1.26. The van der Waals surface area contributed by atoms with E-state index in [0.29, 0.717) is 5.41 Å². The van der Waals surface area contributed by atoms with Crippen molar-refractivity contribution < 1.29 is 9.53 Å². The lowest BCUT2D eigenvalue weighted by Crippen LogP contribution is -2.48. The number of nitrogens with one attached hydrogen (secondary N) is 1. The second-order valence-corrected chi connectivity index (χ2v) is 9.38. The maximum Gasteiger partial charge on any atom is 0.262 e. The molecule has 3 nitrogen and oxygen atoms in total. The number of aryl methyl sites for hydroxylation is 1. The van der Waals surface area contributed by atoms with Gasteiger partial charge in [0.05, 0.1) is 0 Å². The van der Waals surface area contributed by atoms with Gasteiger partial charge in [-0.15, -0.1) is 0 Å². The molecule has 0 unspecified atom stereocenters. The highest BCUT2D eigenvalue weighted by atomic mass is 16.5. The van der Waals surface area contributed by atoms with Crippen molar-refractivity contribution in [2.75, 3.05) is 11.9 Å². The number of carbonyl (C=O) groups excluding carboxylic acids is 1. The smallest absolute Gasteiger partial charge is 0.262 e. The van der Waals surface area contributed by atoms with Crippen LogP contribution in [0.2, 0.25) is 0 Å². The number of amides is 1. The molecule has 28 heavy (non-hydrogen) atoms. The van der Waals surface area contributed by atoms with Crippen molar-refractivity contribution in [1.82, 2.24) is 0 Å². The van der Waals surface area contributed by atoms with E-state index < -0.39 is 0 Å². The fourth-order valence-corrected chi connectivity index (χ4v) is 6.63. The summed E-state index contributed by atoms with van der Waals surface area (Å²) in [5.74, 6) is 3.50. The average molecular weight is 376 g/mol. The summed E-state index contributed by atoms with van der Waals surface area (Å²) in [6.07, 6.45) is 8.53. The number of rotatable bonds is 5. The lowest BCUT2D eigenvalue weighted by atomic mass is 9.47. The summed E-state index contributed by atoms with van der Waals surface area (Å²) in [5, 5.41) is 2.86. The van der Waals surface area contributed by atoms with Crippen molar-refractivity contribution in [1.29, 1.82) is 0 Å². The van der Waals surface area contributed by atoms with Crippen LogP contribution in [0, 0.1) is 24.7 Å². The maximum absolute atomic E-state index is 12.1. The summed E-state index contributed by atoms with van der Waals surface area (Å²) >= 11 is 0. The van der Waals surface area contributed by atoms with E-state index in [9.17, 15) is 4.79 Å². The lowest BCUT2D eigenvalue weighted by molar-refractivity contribution is -0.118. The summed E-state index contributed by atoms with van der Waals surface area (Å²) in [4.78, 5) is 12.1. The zero-order valence-electron chi connectivity index (χ0n) is 16.6. The number of carbonyl (C=O) groups is 1. The Hall–Kier alpha value is -2.29. The fourth-order valence-electron chi connectivity index (χ4n) is 6.63. The molecular weight excluding hydrogens is 346 g/mol. The third-order valence-electron chi connectivity index (χ3n) is 7.23. The molecule has 0 aromatic heterocycles. The van der Waals surface area contributed by atoms with E-state index in [1.165, 1.54) is 49.7 Å². The summed E-state index contributed by atoms with van der Waals surface area (Å²) in [7, 11) is 0. The van der Waals surface area contributed by atoms with Gasteiger partial charge < -0.3 is 10.1 Å². The predicted octanol–water partition coefficient (Wildman–Crippen LogP) is 5.48. The number of anilines is 1. The van der Waals surface area contributed by atoms with Crippen molar-refractivity contribution in [2.45, 2.75) is 50.9 Å². The molecule has 4 aliphatic rings. The van der Waals surface area contributed by atoms with E-state index in [4.69, 9.17) is 4.74 Å². The molecule has 0 radical (unpaired) electrons. The minimum Gasteiger partial charge on any atom is -0.484 e. The molecule has 4 saturated carbocycles. The minimum absolute atomic E-state index is 0.0328. The summed E-state index contributed by atoms with van der Waals surface area (Å²) < 4.78 is 5.78. The summed E-state index contributed by atoms with van der Waals surface area (Å²) in [5.41, 5.74) is 4.06. The van der Waals surface area contributed by atoms with Gasteiger partial charge in [0.1, 0.15) is 5.75 Å². The molecule has 1 N–H and O–H groups in total. The maximum atomic E-state index is 12.1. The highest BCUT2D eigenvalue weighted by molar-refractivity contribution is 5.91. The molecule has 6 rings (SSSR count). The van der Waals surface area contributed by atoms with E-state index in [1.807, 2.05) is 30.3 Å². The van der Waals surface area contributed by atoms with Crippen LogP contribution in [0.5, 0.6) is 5.75 Å². The van der Waals surface area contributed by atoms with Crippen LogP contribution in [-0.2, 0) is 10.2 Å². The molecule has 2 aromatic carbocycles. The van der Waals surface area contributed by atoms with Crippen molar-refractivity contribution in [3.05, 3.63) is 59.7 Å². The number of hydrogen-bond donors (Lipinski definition) is 1. The molecular formula is C25H29NO2. The van der Waals surface area contributed by atoms with Crippen LogP contribution in [0.3, 0.4) is 0 Å². The van der Waals surface area contributed by atoms with Gasteiger partial charge in [-0.1, -0.05) is 24.3 Å². The normalized spacial score (nSPS) is 30.2. The van der Waals surface area contributed by atoms with Gasteiger partial charge in [0, 0.05) is 5.69 Å². The van der Waals surface area contributed by atoms with Crippen LogP contribution in [0.15, 0.2) is 48.5 Å². The summed E-state index contributed by atoms with van der Waals surface area (Å²) in [6, 6.07) is 16.0. The standard InChI is InChI=1S/C25H29NO2/c1-17-9-22(28-16-24(27)26-21-5-3-2-4-6-21)7-8-23(17)25-13-18-10-19(14-25)12-20(11-18)15-25/h2-9,18-20H,10-16H2,1H3,(H,26,27). The average Bonchev–Trinajstić information content (AvgIpc) is 2.66. The van der Waals surface area contributed by atoms with Crippen LogP contribution < -0.4 is 10.1 Å². The minimum atomic E-state index is -0.131. The van der Waals surface area contributed by atoms with Gasteiger partial charge >= 0.3 is 0 Å². The van der Waals surface area contributed by atoms with Gasteiger partial charge in [-0.05, 0) is 104 Å². The lowest BCUT2D eigenvalue weighted by Gasteiger charge is -2.57. The van der Waals surface area contributed by atoms with Gasteiger partial charge in [-0.2, -0.15) is 0 Å². The molecule has 146 valence electrons. The SMILES string of the molecule is Cc1cc(OCC(=O)Nc2ccccc2)ccc1C12CC3CC(CC(C3)C1)C2. The molecule has 4 aliphatic carbocycles. The molecule has 1 amide bonds. The van der Waals surface area contributed by atoms with Crippen LogP contribution in [0.1, 0.15) is 49.7 Å². The van der Waals surface area contributed by atoms with Crippen LogP contribution >= 0.6 is 0 Å². The number of ether oxygens (including phenoxy) is 1. The Morgan fingerprint density at radius 1 is 1.00 bits per heavy atom. The zero-order chi connectivity index (χ0) is 19.1. The molecule has 0 aliphatic heterocycles. The van der Waals surface area contributed by atoms with Crippen molar-refractivity contribution >= 4 is 11.6 Å². The first kappa shape index (κ1) is 17.8. The molecule has 4 bridgehead atoms. The van der Waals surface area contributed by atoms with Gasteiger partial charge in [-0.25, -0.2) is 0 Å². The van der Waals surface area contributed by atoms with E-state index in [1.54, 1.807) is 0 Å². The second-order valence-electron chi connectivity index (χ2n) is 9.38. The van der Waals surface area contributed by atoms with Gasteiger partial charge in [-0.3, -0.25) is 4.79 Å². The monoisotopic (exact) mass is 375 g/mol. The van der Waals surface area contributed by atoms with Gasteiger partial charge in [0.25, 0.3) is 5.91 Å². The van der Waals surface area contributed by atoms with E-state index in [-0.39, 0.29) is 12.5 Å². The fraction of sp³-hybridized carbons (Fsp3) is 0.480. The Morgan fingerprint density at radius 2 is 1.64 bits per heavy atom. The van der Waals surface area contributed by atoms with Crippen molar-refractivity contribution in [3.63, 3.8) is 0 Å². The van der Waals surface area contributed by atoms with Gasteiger partial charge in [0.2, 0.25) is 0 Å². The highest BCUT2D eigenvalue weighted by Crippen LogP contribution is 2.61. The van der Waals surface area contributed by atoms with Gasteiger partial charge in [0.15, 0.2) is 6.61 Å². The Bertz CT molecular complexity index is 838. The molecule has 2 aromatic rings. The van der Waals surface area contributed by atoms with E-state index in [0.717, 1.165) is 29.2 Å². The molecule has 0 atom stereocenters. The largest absolute Gasteiger partial charge is 0.484 e. The highest BCUT2D eigenvalue weighted by Gasteiger charge is 2.51. The molecule has 0 spiro atoms. The van der Waals surface area contributed by atoms with Crippen molar-refractivity contribution in [3.8, 4) is 5.75 Å². The molecule has 0 heterocycles. The number of hydrogen-bond acceptors (Lipinski definition) is 2. The van der Waals surface area contributed by atoms with E-state index in [2.05, 4.69) is 30.4 Å². The van der Waals surface area contributed by atoms with Crippen molar-refractivity contribution in [2.24, 2.45) is 17.8 Å². The second kappa shape index (κ2) is 6.95. The first-order chi connectivity index (χ1) is 13.6. The Morgan fingerprint density at radius 3 is 2.25 bits per heavy atom. The first-order valence-electron chi connectivity index (χ1n) is 10.7. The third kappa shape index (κ3) is 3.32. The third-order valence-corrected chi connectivity index (χ3v) is 7.23. The molecule has 4 fully saturated rings. The number of benzene rings is 2. The summed E-state index contributed by atoms with van der Waals surface area (Å²) in [6.45, 7) is 2.25. The quantitative estimate of drug-likeness (QED) is 0.751. The Labute approximate surface area is 167 Å². The topological polar surface area (TPSA) is 38.3 Å². The Kier molecular flexibility index (Phi) is 4.41. The number of para-hydroxylation sites is 1. The van der Waals surface area contributed by atoms with Crippen LogP contribution in [-0.4, -0.2) is 12.5 Å². The van der Waals surface area contributed by atoms with Crippen LogP contribution in [0.25, 0.3) is 0 Å². The zero-order valence-corrected chi connectivity index (χ0v) is 16.6. The molecule has 3 heteroatoms. The van der Waals surface area contributed by atoms with E-state index >= 15 is 0 Å². The predicted molar refractivity (Wildman–Crippen MR) is 112 cm³/mol. The first-order valence-corrected chi connectivity index (χ1v) is 10.7. The molecule has 0 saturated heterocycles. The van der Waals surface area contributed by atoms with Crippen LogP contribution in [0.4, 0.5) is 5.69 Å².